The number of hydrogen-bond donors (Lipinski definition) is 1. The van der Waals surface area contributed by atoms with E-state index in [0.717, 1.165) is 35.8 Å². The maximum absolute atomic E-state index is 6.17. The van der Waals surface area contributed by atoms with Gasteiger partial charge in [0.05, 0.1) is 5.69 Å². The van der Waals surface area contributed by atoms with Crippen LogP contribution >= 0.6 is 0 Å². The lowest BCUT2D eigenvalue weighted by atomic mass is 9.92. The van der Waals surface area contributed by atoms with Crippen LogP contribution in [0.3, 0.4) is 0 Å². The van der Waals surface area contributed by atoms with E-state index in [1.807, 2.05) is 48.5 Å². The van der Waals surface area contributed by atoms with Gasteiger partial charge >= 0.3 is 0 Å². The molecule has 0 spiro atoms. The third-order valence-electron chi connectivity index (χ3n) is 4.37. The van der Waals surface area contributed by atoms with Crippen molar-refractivity contribution in [3.8, 4) is 0 Å². The maximum atomic E-state index is 6.17. The van der Waals surface area contributed by atoms with Gasteiger partial charge in [0.2, 0.25) is 5.90 Å². The van der Waals surface area contributed by atoms with Gasteiger partial charge in [-0.25, -0.2) is 4.99 Å². The quantitative estimate of drug-likeness (QED) is 0.860. The van der Waals surface area contributed by atoms with Gasteiger partial charge in [-0.15, -0.1) is 0 Å². The highest BCUT2D eigenvalue weighted by molar-refractivity contribution is 6.01. The van der Waals surface area contributed by atoms with E-state index < -0.39 is 0 Å². The lowest BCUT2D eigenvalue weighted by molar-refractivity contribution is 0.207. The molecule has 1 unspecified atom stereocenters. The fourth-order valence-corrected chi connectivity index (χ4v) is 3.23. The number of rotatable bonds is 3. The van der Waals surface area contributed by atoms with Crippen molar-refractivity contribution in [3.05, 3.63) is 71.9 Å². The lowest BCUT2D eigenvalue weighted by Gasteiger charge is -2.19. The molecule has 3 heteroatoms. The molecule has 0 saturated heterocycles. The van der Waals surface area contributed by atoms with Crippen molar-refractivity contribution >= 4 is 17.3 Å². The average Bonchev–Trinajstić information content (AvgIpc) is 2.94. The second-order valence-corrected chi connectivity index (χ2v) is 6.00. The molecule has 116 valence electrons. The van der Waals surface area contributed by atoms with E-state index in [2.05, 4.69) is 17.4 Å². The van der Waals surface area contributed by atoms with Crippen LogP contribution < -0.4 is 5.32 Å². The van der Waals surface area contributed by atoms with Gasteiger partial charge < -0.3 is 10.1 Å². The first-order valence-electron chi connectivity index (χ1n) is 8.26. The molecule has 2 aromatic rings. The normalized spacial score (nSPS) is 21.9. The average molecular weight is 304 g/mol. The molecule has 4 rings (SSSR count). The minimum absolute atomic E-state index is 0.192. The SMILES string of the molecule is c1ccc(N=C2OC3CCCCC3=C2Nc2ccccc2)cc1. The zero-order valence-corrected chi connectivity index (χ0v) is 13.0. The fourth-order valence-electron chi connectivity index (χ4n) is 3.23. The van der Waals surface area contributed by atoms with Crippen molar-refractivity contribution in [1.82, 2.24) is 0 Å². The zero-order chi connectivity index (χ0) is 15.5. The molecule has 0 amide bonds. The third kappa shape index (κ3) is 3.00. The summed E-state index contributed by atoms with van der Waals surface area (Å²) in [6.45, 7) is 0. The van der Waals surface area contributed by atoms with Gasteiger partial charge in [0.1, 0.15) is 11.8 Å². The Kier molecular flexibility index (Phi) is 3.85. The number of anilines is 1. The molecule has 1 atom stereocenters. The van der Waals surface area contributed by atoms with Gasteiger partial charge in [0.25, 0.3) is 0 Å². The van der Waals surface area contributed by atoms with Crippen LogP contribution in [0.5, 0.6) is 0 Å². The van der Waals surface area contributed by atoms with Crippen LogP contribution in [0.4, 0.5) is 11.4 Å². The molecule has 1 saturated carbocycles. The molecule has 0 bridgehead atoms. The Bertz CT molecular complexity index is 735. The summed E-state index contributed by atoms with van der Waals surface area (Å²) in [4.78, 5) is 4.73. The molecule has 1 aliphatic heterocycles. The van der Waals surface area contributed by atoms with Crippen LogP contribution in [0.15, 0.2) is 76.9 Å². The Hall–Kier alpha value is -2.55. The number of nitrogens with one attached hydrogen (secondary N) is 1. The number of nitrogens with zero attached hydrogens (tertiary/aromatic N) is 1. The number of ether oxygens (including phenoxy) is 1. The third-order valence-corrected chi connectivity index (χ3v) is 4.37. The molecule has 1 aliphatic carbocycles. The number of aliphatic imine (C=N–C) groups is 1. The predicted molar refractivity (Wildman–Crippen MR) is 94.0 cm³/mol. The van der Waals surface area contributed by atoms with E-state index in [1.54, 1.807) is 0 Å². The minimum Gasteiger partial charge on any atom is -0.468 e. The topological polar surface area (TPSA) is 33.6 Å². The molecule has 1 N–H and O–H groups in total. The fraction of sp³-hybridized carbons (Fsp3) is 0.250. The molecular weight excluding hydrogens is 284 g/mol. The second kappa shape index (κ2) is 6.29. The van der Waals surface area contributed by atoms with E-state index in [-0.39, 0.29) is 6.10 Å². The molecule has 0 radical (unpaired) electrons. The minimum atomic E-state index is 0.192. The summed E-state index contributed by atoms with van der Waals surface area (Å²) in [6, 6.07) is 20.3. The Balaban J connectivity index is 1.71. The van der Waals surface area contributed by atoms with E-state index in [4.69, 9.17) is 9.73 Å². The van der Waals surface area contributed by atoms with Crippen molar-refractivity contribution in [2.45, 2.75) is 31.8 Å². The van der Waals surface area contributed by atoms with Gasteiger partial charge in [-0.1, -0.05) is 36.4 Å². The first-order chi connectivity index (χ1) is 11.4. The molecule has 23 heavy (non-hydrogen) atoms. The number of benzene rings is 2. The van der Waals surface area contributed by atoms with Crippen LogP contribution in [0.25, 0.3) is 0 Å². The number of fused-ring (bicyclic) bond motifs is 1. The van der Waals surface area contributed by atoms with E-state index >= 15 is 0 Å². The lowest BCUT2D eigenvalue weighted by Crippen LogP contribution is -2.15. The van der Waals surface area contributed by atoms with Crippen molar-refractivity contribution in [1.29, 1.82) is 0 Å². The first-order valence-corrected chi connectivity index (χ1v) is 8.26. The summed E-state index contributed by atoms with van der Waals surface area (Å²) in [5.41, 5.74) is 4.43. The number of para-hydroxylation sites is 2. The van der Waals surface area contributed by atoms with Gasteiger partial charge in [0.15, 0.2) is 0 Å². The molecule has 3 nitrogen and oxygen atoms in total. The van der Waals surface area contributed by atoms with Gasteiger partial charge in [-0.3, -0.25) is 0 Å². The summed E-state index contributed by atoms with van der Waals surface area (Å²) in [6.07, 6.45) is 4.83. The molecule has 2 aliphatic rings. The van der Waals surface area contributed by atoms with Crippen LogP contribution in [0, 0.1) is 0 Å². The highest BCUT2D eigenvalue weighted by Crippen LogP contribution is 2.36. The maximum Gasteiger partial charge on any atom is 0.238 e. The Labute approximate surface area is 136 Å². The predicted octanol–water partition coefficient (Wildman–Crippen LogP) is 5.06. The van der Waals surface area contributed by atoms with E-state index in [9.17, 15) is 0 Å². The van der Waals surface area contributed by atoms with Crippen LogP contribution in [0.2, 0.25) is 0 Å². The van der Waals surface area contributed by atoms with Crippen molar-refractivity contribution in [3.63, 3.8) is 0 Å². The van der Waals surface area contributed by atoms with E-state index in [0.29, 0.717) is 0 Å². The Morgan fingerprint density at radius 2 is 1.65 bits per heavy atom. The monoisotopic (exact) mass is 304 g/mol. The first kappa shape index (κ1) is 14.1. The highest BCUT2D eigenvalue weighted by Gasteiger charge is 2.34. The molecule has 1 heterocycles. The van der Waals surface area contributed by atoms with Gasteiger partial charge in [0, 0.05) is 5.69 Å². The van der Waals surface area contributed by atoms with Crippen LogP contribution in [0.1, 0.15) is 25.7 Å². The summed E-state index contributed by atoms with van der Waals surface area (Å²) in [5, 5.41) is 3.53. The number of hydrogen-bond acceptors (Lipinski definition) is 3. The summed E-state index contributed by atoms with van der Waals surface area (Å²) in [5.74, 6) is 0.724. The van der Waals surface area contributed by atoms with Gasteiger partial charge in [-0.05, 0) is 55.5 Å². The summed E-state index contributed by atoms with van der Waals surface area (Å²) in [7, 11) is 0. The summed E-state index contributed by atoms with van der Waals surface area (Å²) < 4.78 is 6.17. The standard InChI is InChI=1S/C20H20N2O/c1-3-9-15(10-4-1)21-19-17-13-7-8-14-18(17)23-20(19)22-16-11-5-2-6-12-16/h1-6,9-12,18,21H,7-8,13-14H2. The Morgan fingerprint density at radius 3 is 2.43 bits per heavy atom. The largest absolute Gasteiger partial charge is 0.468 e. The zero-order valence-electron chi connectivity index (χ0n) is 13.0. The molecule has 1 fully saturated rings. The van der Waals surface area contributed by atoms with E-state index in [1.165, 1.54) is 18.4 Å². The van der Waals surface area contributed by atoms with Crippen LogP contribution in [-0.2, 0) is 4.74 Å². The molecule has 0 aromatic heterocycles. The molecule has 2 aromatic carbocycles. The highest BCUT2D eigenvalue weighted by atomic mass is 16.5. The van der Waals surface area contributed by atoms with Crippen molar-refractivity contribution in [2.75, 3.05) is 5.32 Å². The summed E-state index contributed by atoms with van der Waals surface area (Å²) >= 11 is 0. The van der Waals surface area contributed by atoms with Crippen LogP contribution in [-0.4, -0.2) is 12.0 Å². The van der Waals surface area contributed by atoms with Crippen molar-refractivity contribution in [2.24, 2.45) is 4.99 Å². The Morgan fingerprint density at radius 1 is 0.913 bits per heavy atom. The van der Waals surface area contributed by atoms with Crippen molar-refractivity contribution < 1.29 is 4.74 Å². The molecular formula is C20H20N2O. The smallest absolute Gasteiger partial charge is 0.238 e. The van der Waals surface area contributed by atoms with Gasteiger partial charge in [-0.2, -0.15) is 0 Å². The second-order valence-electron chi connectivity index (χ2n) is 6.00.